The topological polar surface area (TPSA) is 75.4 Å². The molecule has 5 nitrogen and oxygen atoms in total. The lowest BCUT2D eigenvalue weighted by atomic mass is 10.0. The molecule has 1 unspecified atom stereocenters. The van der Waals surface area contributed by atoms with Gasteiger partial charge in [0.05, 0.1) is 12.3 Å². The van der Waals surface area contributed by atoms with E-state index in [1.54, 1.807) is 18.3 Å². The van der Waals surface area contributed by atoms with E-state index >= 15 is 0 Å². The van der Waals surface area contributed by atoms with E-state index in [1.807, 2.05) is 13.8 Å². The Hall–Kier alpha value is -2.21. The number of amides is 1. The summed E-state index contributed by atoms with van der Waals surface area (Å²) in [4.78, 5) is 15.9. The number of hydrogen-bond acceptors (Lipinski definition) is 4. The van der Waals surface area contributed by atoms with Crippen molar-refractivity contribution in [1.82, 2.24) is 10.3 Å². The van der Waals surface area contributed by atoms with E-state index in [1.165, 1.54) is 12.1 Å². The van der Waals surface area contributed by atoms with Crippen LogP contribution in [0, 0.1) is 11.7 Å². The minimum absolute atomic E-state index is 0.104. The predicted molar refractivity (Wildman–Crippen MR) is 88.7 cm³/mol. The van der Waals surface area contributed by atoms with Gasteiger partial charge in [-0.2, -0.15) is 0 Å². The first kappa shape index (κ1) is 18.1. The van der Waals surface area contributed by atoms with Crippen LogP contribution in [0.4, 0.5) is 4.39 Å². The Balaban J connectivity index is 1.76. The van der Waals surface area contributed by atoms with Gasteiger partial charge in [0.25, 0.3) is 0 Å². The number of aliphatic hydroxyl groups excluding tert-OH is 1. The van der Waals surface area contributed by atoms with Gasteiger partial charge in [0.15, 0.2) is 11.7 Å². The number of benzene rings is 1. The maximum absolute atomic E-state index is 12.9. The Kier molecular flexibility index (Phi) is 6.49. The van der Waals surface area contributed by atoms with E-state index in [4.69, 9.17) is 4.42 Å². The van der Waals surface area contributed by atoms with E-state index in [2.05, 4.69) is 10.3 Å². The minimum Gasteiger partial charge on any atom is -0.441 e. The molecule has 1 aromatic heterocycles. The summed E-state index contributed by atoms with van der Waals surface area (Å²) in [7, 11) is 0. The van der Waals surface area contributed by atoms with Gasteiger partial charge in [-0.3, -0.25) is 4.79 Å². The van der Waals surface area contributed by atoms with Gasteiger partial charge < -0.3 is 14.8 Å². The minimum atomic E-state index is -0.407. The molecule has 6 heteroatoms. The van der Waals surface area contributed by atoms with Crippen molar-refractivity contribution >= 4 is 5.91 Å². The van der Waals surface area contributed by atoms with Crippen LogP contribution in [0.1, 0.15) is 32.6 Å². The number of rotatable bonds is 8. The normalized spacial score (nSPS) is 12.4. The lowest BCUT2D eigenvalue weighted by Gasteiger charge is -2.14. The SMILES string of the molecule is CC(C)C(O)CCNC(=O)CCc1ncc(-c2ccc(F)cc2)o1. The molecule has 0 radical (unpaired) electrons. The van der Waals surface area contributed by atoms with Crippen LogP contribution in [0.25, 0.3) is 11.3 Å². The van der Waals surface area contributed by atoms with Crippen LogP contribution in [0.3, 0.4) is 0 Å². The maximum Gasteiger partial charge on any atom is 0.220 e. The maximum atomic E-state index is 12.9. The quantitative estimate of drug-likeness (QED) is 0.778. The van der Waals surface area contributed by atoms with Crippen molar-refractivity contribution < 1.29 is 18.7 Å². The molecule has 0 aliphatic heterocycles. The van der Waals surface area contributed by atoms with Crippen molar-refractivity contribution in [3.63, 3.8) is 0 Å². The van der Waals surface area contributed by atoms with E-state index < -0.39 is 6.10 Å². The highest BCUT2D eigenvalue weighted by Crippen LogP contribution is 2.21. The fraction of sp³-hybridized carbons (Fsp3) is 0.444. The van der Waals surface area contributed by atoms with Crippen LogP contribution in [0.2, 0.25) is 0 Å². The van der Waals surface area contributed by atoms with Crippen LogP contribution in [0.15, 0.2) is 34.9 Å². The highest BCUT2D eigenvalue weighted by atomic mass is 19.1. The molecule has 0 saturated heterocycles. The van der Waals surface area contributed by atoms with Crippen molar-refractivity contribution in [3.8, 4) is 11.3 Å². The summed E-state index contributed by atoms with van der Waals surface area (Å²) < 4.78 is 18.5. The van der Waals surface area contributed by atoms with E-state index in [0.717, 1.165) is 5.56 Å². The molecule has 0 spiro atoms. The molecule has 2 rings (SSSR count). The molecule has 0 aliphatic carbocycles. The molecule has 0 saturated carbocycles. The third-order valence-corrected chi connectivity index (χ3v) is 3.78. The molecule has 2 aromatic rings. The zero-order valence-electron chi connectivity index (χ0n) is 14.0. The number of aliphatic hydroxyl groups is 1. The van der Waals surface area contributed by atoms with Gasteiger partial charge >= 0.3 is 0 Å². The van der Waals surface area contributed by atoms with Gasteiger partial charge in [0.1, 0.15) is 5.82 Å². The predicted octanol–water partition coefficient (Wildman–Crippen LogP) is 2.94. The van der Waals surface area contributed by atoms with E-state index in [-0.39, 0.29) is 24.1 Å². The van der Waals surface area contributed by atoms with E-state index in [0.29, 0.717) is 31.0 Å². The van der Waals surface area contributed by atoms with Crippen molar-refractivity contribution in [2.45, 2.75) is 39.2 Å². The first-order chi connectivity index (χ1) is 11.5. The summed E-state index contributed by atoms with van der Waals surface area (Å²) in [5.41, 5.74) is 0.738. The number of nitrogens with one attached hydrogen (secondary N) is 1. The van der Waals surface area contributed by atoms with Gasteiger partial charge in [0, 0.05) is 24.9 Å². The smallest absolute Gasteiger partial charge is 0.220 e. The first-order valence-corrected chi connectivity index (χ1v) is 8.11. The Labute approximate surface area is 140 Å². The number of carbonyl (C=O) groups excluding carboxylic acids is 1. The molecule has 0 aliphatic rings. The van der Waals surface area contributed by atoms with Crippen molar-refractivity contribution in [3.05, 3.63) is 42.2 Å². The molecular formula is C18H23FN2O3. The molecule has 1 aromatic carbocycles. The van der Waals surface area contributed by atoms with Gasteiger partial charge in [0.2, 0.25) is 5.91 Å². The summed E-state index contributed by atoms with van der Waals surface area (Å²) in [6.45, 7) is 4.33. The summed E-state index contributed by atoms with van der Waals surface area (Å²) in [5, 5.41) is 12.4. The number of nitrogens with zero attached hydrogens (tertiary/aromatic N) is 1. The molecule has 1 amide bonds. The second kappa shape index (κ2) is 8.59. The molecule has 130 valence electrons. The number of hydrogen-bond donors (Lipinski definition) is 2. The largest absolute Gasteiger partial charge is 0.441 e. The number of halogens is 1. The first-order valence-electron chi connectivity index (χ1n) is 8.11. The average molecular weight is 334 g/mol. The summed E-state index contributed by atoms with van der Waals surface area (Å²) in [6.07, 6.45) is 2.35. The Bertz CT molecular complexity index is 653. The zero-order chi connectivity index (χ0) is 17.5. The third-order valence-electron chi connectivity index (χ3n) is 3.78. The average Bonchev–Trinajstić information content (AvgIpc) is 3.02. The highest BCUT2D eigenvalue weighted by Gasteiger charge is 2.11. The van der Waals surface area contributed by atoms with Gasteiger partial charge in [-0.05, 0) is 36.6 Å². The lowest BCUT2D eigenvalue weighted by Crippen LogP contribution is -2.28. The van der Waals surface area contributed by atoms with E-state index in [9.17, 15) is 14.3 Å². The fourth-order valence-electron chi connectivity index (χ4n) is 2.18. The Morgan fingerprint density at radius 3 is 2.71 bits per heavy atom. The van der Waals surface area contributed by atoms with Crippen LogP contribution in [0.5, 0.6) is 0 Å². The molecule has 2 N–H and O–H groups in total. The number of oxazole rings is 1. The summed E-state index contributed by atoms with van der Waals surface area (Å²) in [6, 6.07) is 5.95. The molecule has 24 heavy (non-hydrogen) atoms. The monoisotopic (exact) mass is 334 g/mol. The summed E-state index contributed by atoms with van der Waals surface area (Å²) >= 11 is 0. The van der Waals surface area contributed by atoms with Crippen LogP contribution in [-0.2, 0) is 11.2 Å². The van der Waals surface area contributed by atoms with Crippen molar-refractivity contribution in [1.29, 1.82) is 0 Å². The number of aromatic nitrogens is 1. The third kappa shape index (κ3) is 5.45. The zero-order valence-corrected chi connectivity index (χ0v) is 14.0. The van der Waals surface area contributed by atoms with Crippen molar-refractivity contribution in [2.24, 2.45) is 5.92 Å². The number of aryl methyl sites for hydroxylation is 1. The highest BCUT2D eigenvalue weighted by molar-refractivity contribution is 5.76. The van der Waals surface area contributed by atoms with Crippen LogP contribution >= 0.6 is 0 Å². The second-order valence-electron chi connectivity index (χ2n) is 6.08. The fourth-order valence-corrected chi connectivity index (χ4v) is 2.18. The molecule has 1 heterocycles. The molecular weight excluding hydrogens is 311 g/mol. The molecule has 0 fully saturated rings. The van der Waals surface area contributed by atoms with Gasteiger partial charge in [-0.1, -0.05) is 13.8 Å². The van der Waals surface area contributed by atoms with Gasteiger partial charge in [-0.15, -0.1) is 0 Å². The van der Waals surface area contributed by atoms with Crippen molar-refractivity contribution in [2.75, 3.05) is 6.54 Å². The van der Waals surface area contributed by atoms with Crippen LogP contribution < -0.4 is 5.32 Å². The molecule has 1 atom stereocenters. The van der Waals surface area contributed by atoms with Crippen LogP contribution in [-0.4, -0.2) is 28.6 Å². The Morgan fingerprint density at radius 1 is 1.33 bits per heavy atom. The second-order valence-corrected chi connectivity index (χ2v) is 6.08. The standard InChI is InChI=1S/C18H23FN2O3/c1-12(2)15(22)9-10-20-17(23)7-8-18-21-11-16(24-18)13-3-5-14(19)6-4-13/h3-6,11-12,15,22H,7-10H2,1-2H3,(H,20,23). The lowest BCUT2D eigenvalue weighted by molar-refractivity contribution is -0.121. The number of carbonyl (C=O) groups is 1. The Morgan fingerprint density at radius 2 is 2.04 bits per heavy atom. The molecule has 0 bridgehead atoms. The summed E-state index contributed by atoms with van der Waals surface area (Å²) in [5.74, 6) is 0.779. The van der Waals surface area contributed by atoms with Gasteiger partial charge in [-0.25, -0.2) is 9.37 Å².